The van der Waals surface area contributed by atoms with Crippen LogP contribution >= 0.6 is 38.5 Å². The zero-order valence-corrected chi connectivity index (χ0v) is 10.8. The Morgan fingerprint density at radius 3 is 2.92 bits per heavy atom. The molecule has 13 heavy (non-hydrogen) atoms. The number of halogens is 2. The highest BCUT2D eigenvalue weighted by Crippen LogP contribution is 2.26. The summed E-state index contributed by atoms with van der Waals surface area (Å²) in [5.41, 5.74) is 2.34. The van der Waals surface area contributed by atoms with Crippen LogP contribution in [0.4, 0.5) is 0 Å². The smallest absolute Gasteiger partial charge is 0.0847 e. The molecular formula is C10H7BrIN. The summed E-state index contributed by atoms with van der Waals surface area (Å²) in [6, 6.07) is 6.16. The Morgan fingerprint density at radius 1 is 1.38 bits per heavy atom. The quantitative estimate of drug-likeness (QED) is 0.658. The highest BCUT2D eigenvalue weighted by atomic mass is 127. The SMILES string of the molecule is Cc1c(I)cnc2c(Br)cccc12. The van der Waals surface area contributed by atoms with Crippen LogP contribution in [0.15, 0.2) is 28.9 Å². The van der Waals surface area contributed by atoms with E-state index in [-0.39, 0.29) is 0 Å². The number of hydrogen-bond donors (Lipinski definition) is 0. The van der Waals surface area contributed by atoms with Crippen LogP contribution in [0.1, 0.15) is 5.56 Å². The van der Waals surface area contributed by atoms with Crippen LogP contribution in [-0.2, 0) is 0 Å². The molecular weight excluding hydrogens is 341 g/mol. The van der Waals surface area contributed by atoms with Crippen molar-refractivity contribution >= 4 is 49.4 Å². The molecule has 0 unspecified atom stereocenters. The lowest BCUT2D eigenvalue weighted by Crippen LogP contribution is -1.87. The second-order valence-electron chi connectivity index (χ2n) is 2.87. The van der Waals surface area contributed by atoms with Crippen LogP contribution in [0.5, 0.6) is 0 Å². The van der Waals surface area contributed by atoms with E-state index in [0.29, 0.717) is 0 Å². The lowest BCUT2D eigenvalue weighted by molar-refractivity contribution is 1.33. The monoisotopic (exact) mass is 347 g/mol. The fourth-order valence-corrected chi connectivity index (χ4v) is 2.19. The Bertz CT molecular complexity index is 468. The lowest BCUT2D eigenvalue weighted by Gasteiger charge is -2.04. The minimum Gasteiger partial charge on any atom is -0.254 e. The van der Waals surface area contributed by atoms with E-state index in [4.69, 9.17) is 0 Å². The van der Waals surface area contributed by atoms with Crippen molar-refractivity contribution in [3.05, 3.63) is 38.0 Å². The molecule has 0 saturated carbocycles. The van der Waals surface area contributed by atoms with Crippen molar-refractivity contribution in [2.75, 3.05) is 0 Å². The van der Waals surface area contributed by atoms with Gasteiger partial charge in [-0.05, 0) is 57.1 Å². The van der Waals surface area contributed by atoms with Crippen molar-refractivity contribution in [3.8, 4) is 0 Å². The zero-order valence-electron chi connectivity index (χ0n) is 7.01. The van der Waals surface area contributed by atoms with Gasteiger partial charge in [0.25, 0.3) is 0 Å². The zero-order chi connectivity index (χ0) is 9.42. The molecule has 0 radical (unpaired) electrons. The molecule has 3 heteroatoms. The number of pyridine rings is 1. The van der Waals surface area contributed by atoms with E-state index in [1.165, 1.54) is 14.5 Å². The average Bonchev–Trinajstić information content (AvgIpc) is 2.12. The second-order valence-corrected chi connectivity index (χ2v) is 4.88. The van der Waals surface area contributed by atoms with Gasteiger partial charge < -0.3 is 0 Å². The second kappa shape index (κ2) is 3.53. The molecule has 0 N–H and O–H groups in total. The van der Waals surface area contributed by atoms with Crippen LogP contribution < -0.4 is 0 Å². The van der Waals surface area contributed by atoms with Crippen molar-refractivity contribution in [2.24, 2.45) is 0 Å². The third kappa shape index (κ3) is 1.59. The Labute approximate surface area is 98.8 Å². The first-order chi connectivity index (χ1) is 6.20. The number of hydrogen-bond acceptors (Lipinski definition) is 1. The van der Waals surface area contributed by atoms with Gasteiger partial charge in [0.05, 0.1) is 5.52 Å². The van der Waals surface area contributed by atoms with Gasteiger partial charge in [0.15, 0.2) is 0 Å². The first-order valence-electron chi connectivity index (χ1n) is 3.89. The number of aromatic nitrogens is 1. The minimum absolute atomic E-state index is 1.04. The summed E-state index contributed by atoms with van der Waals surface area (Å²) in [7, 11) is 0. The lowest BCUT2D eigenvalue weighted by atomic mass is 10.1. The molecule has 0 spiro atoms. The Balaban J connectivity index is 2.94. The number of fused-ring (bicyclic) bond motifs is 1. The first-order valence-corrected chi connectivity index (χ1v) is 5.76. The van der Waals surface area contributed by atoms with E-state index in [1.807, 2.05) is 18.3 Å². The maximum absolute atomic E-state index is 4.39. The van der Waals surface area contributed by atoms with Gasteiger partial charge in [0.2, 0.25) is 0 Å². The van der Waals surface area contributed by atoms with Gasteiger partial charge in [-0.3, -0.25) is 4.98 Å². The summed E-state index contributed by atoms with van der Waals surface area (Å²) >= 11 is 5.80. The van der Waals surface area contributed by atoms with Gasteiger partial charge in [0.1, 0.15) is 0 Å². The Morgan fingerprint density at radius 2 is 2.15 bits per heavy atom. The molecule has 1 aromatic carbocycles. The van der Waals surface area contributed by atoms with Crippen LogP contribution in [0.3, 0.4) is 0 Å². The van der Waals surface area contributed by atoms with Gasteiger partial charge in [-0.2, -0.15) is 0 Å². The molecule has 0 amide bonds. The van der Waals surface area contributed by atoms with E-state index < -0.39 is 0 Å². The van der Waals surface area contributed by atoms with Crippen molar-refractivity contribution in [1.29, 1.82) is 0 Å². The number of para-hydroxylation sites is 1. The summed E-state index contributed by atoms with van der Waals surface area (Å²) in [5.74, 6) is 0. The molecule has 0 aliphatic carbocycles. The maximum Gasteiger partial charge on any atom is 0.0847 e. The van der Waals surface area contributed by atoms with Crippen LogP contribution in [0.25, 0.3) is 10.9 Å². The van der Waals surface area contributed by atoms with Crippen LogP contribution in [0, 0.1) is 10.5 Å². The minimum atomic E-state index is 1.04. The molecule has 1 heterocycles. The topological polar surface area (TPSA) is 12.9 Å². The number of rotatable bonds is 0. The van der Waals surface area contributed by atoms with Crippen molar-refractivity contribution in [3.63, 3.8) is 0 Å². The molecule has 1 aromatic heterocycles. The van der Waals surface area contributed by atoms with Gasteiger partial charge in [-0.25, -0.2) is 0 Å². The predicted molar refractivity (Wildman–Crippen MR) is 66.9 cm³/mol. The third-order valence-electron chi connectivity index (χ3n) is 2.06. The average molecular weight is 348 g/mol. The third-order valence-corrected chi connectivity index (χ3v) is 3.78. The first kappa shape index (κ1) is 9.40. The number of aryl methyl sites for hydroxylation is 1. The molecule has 66 valence electrons. The van der Waals surface area contributed by atoms with Crippen molar-refractivity contribution < 1.29 is 0 Å². The van der Waals surface area contributed by atoms with Gasteiger partial charge in [-0.1, -0.05) is 12.1 Å². The van der Waals surface area contributed by atoms with E-state index in [9.17, 15) is 0 Å². The number of nitrogens with zero attached hydrogens (tertiary/aromatic N) is 1. The Kier molecular flexibility index (Phi) is 2.55. The van der Waals surface area contributed by atoms with E-state index in [2.05, 4.69) is 56.5 Å². The van der Waals surface area contributed by atoms with Crippen LogP contribution in [-0.4, -0.2) is 4.98 Å². The van der Waals surface area contributed by atoms with Gasteiger partial charge >= 0.3 is 0 Å². The summed E-state index contributed by atoms with van der Waals surface area (Å²) in [6.45, 7) is 2.12. The largest absolute Gasteiger partial charge is 0.254 e. The standard InChI is InChI=1S/C10H7BrIN/c1-6-7-3-2-4-8(11)10(7)13-5-9(6)12/h2-5H,1H3. The normalized spacial score (nSPS) is 10.7. The summed E-state index contributed by atoms with van der Waals surface area (Å²) < 4.78 is 2.27. The van der Waals surface area contributed by atoms with E-state index in [0.717, 1.165) is 9.99 Å². The fraction of sp³-hybridized carbons (Fsp3) is 0.100. The highest BCUT2D eigenvalue weighted by molar-refractivity contribution is 14.1. The maximum atomic E-state index is 4.39. The molecule has 0 atom stereocenters. The molecule has 2 rings (SSSR count). The van der Waals surface area contributed by atoms with Crippen LogP contribution in [0.2, 0.25) is 0 Å². The van der Waals surface area contributed by atoms with Gasteiger partial charge in [0, 0.05) is 19.6 Å². The summed E-state index contributed by atoms with van der Waals surface area (Å²) in [6.07, 6.45) is 1.91. The van der Waals surface area contributed by atoms with E-state index in [1.54, 1.807) is 0 Å². The van der Waals surface area contributed by atoms with Crippen molar-refractivity contribution in [1.82, 2.24) is 4.98 Å². The highest BCUT2D eigenvalue weighted by Gasteiger charge is 2.04. The summed E-state index contributed by atoms with van der Waals surface area (Å²) in [5, 5.41) is 1.22. The van der Waals surface area contributed by atoms with Gasteiger partial charge in [-0.15, -0.1) is 0 Å². The molecule has 0 fully saturated rings. The summed E-state index contributed by atoms with van der Waals surface area (Å²) in [4.78, 5) is 4.39. The molecule has 2 aromatic rings. The molecule has 1 nitrogen and oxygen atoms in total. The molecule has 0 saturated heterocycles. The molecule has 0 aliphatic heterocycles. The van der Waals surface area contributed by atoms with E-state index >= 15 is 0 Å². The molecule has 0 aliphatic rings. The Hall–Kier alpha value is -0.160. The molecule has 0 bridgehead atoms. The van der Waals surface area contributed by atoms with Crippen molar-refractivity contribution in [2.45, 2.75) is 6.92 Å². The fourth-order valence-electron chi connectivity index (χ4n) is 1.30. The predicted octanol–water partition coefficient (Wildman–Crippen LogP) is 3.91. The number of benzene rings is 1.